The van der Waals surface area contributed by atoms with Gasteiger partial charge in [-0.3, -0.25) is 0 Å². The van der Waals surface area contributed by atoms with E-state index in [4.69, 9.17) is 17.3 Å². The summed E-state index contributed by atoms with van der Waals surface area (Å²) in [6.07, 6.45) is 0. The van der Waals surface area contributed by atoms with E-state index in [-0.39, 0.29) is 5.75 Å². The molecule has 0 saturated carbocycles. The van der Waals surface area contributed by atoms with Gasteiger partial charge in [0.1, 0.15) is 5.75 Å². The predicted octanol–water partition coefficient (Wildman–Crippen LogP) is 2.13. The maximum absolute atomic E-state index is 8.90. The summed E-state index contributed by atoms with van der Waals surface area (Å²) in [6, 6.07) is 6.87. The van der Waals surface area contributed by atoms with E-state index in [9.17, 15) is 0 Å². The van der Waals surface area contributed by atoms with Crippen LogP contribution in [-0.4, -0.2) is 9.97 Å². The van der Waals surface area contributed by atoms with Gasteiger partial charge in [-0.15, -0.1) is 0 Å². The maximum Gasteiger partial charge on any atom is 0.115 e. The Morgan fingerprint density at radius 2 is 1.80 bits per heavy atom. The van der Waals surface area contributed by atoms with Crippen LogP contribution in [-0.2, 0) is 0 Å². The Morgan fingerprint density at radius 1 is 1.30 bits per heavy atom. The standard InChI is InChI=1S/C8H8OS/c1-6(10)7-2-4-8(9)5-3-7/h2-5,9H,1H3. The highest BCUT2D eigenvalue weighted by Crippen LogP contribution is 2.09. The molecule has 0 saturated heterocycles. The molecule has 0 aliphatic heterocycles. The lowest BCUT2D eigenvalue weighted by molar-refractivity contribution is 0.475. The molecule has 1 nitrogen and oxygen atoms in total. The topological polar surface area (TPSA) is 20.2 Å². The quantitative estimate of drug-likeness (QED) is 0.491. The first-order chi connectivity index (χ1) is 4.70. The zero-order valence-electron chi connectivity index (χ0n) is 5.66. The molecule has 0 aromatic heterocycles. The van der Waals surface area contributed by atoms with Crippen molar-refractivity contribution in [2.24, 2.45) is 0 Å². The molecule has 0 radical (unpaired) electrons. The van der Waals surface area contributed by atoms with Crippen molar-refractivity contribution in [3.8, 4) is 5.75 Å². The van der Waals surface area contributed by atoms with E-state index in [1.54, 1.807) is 24.3 Å². The molecule has 0 aliphatic rings. The zero-order valence-corrected chi connectivity index (χ0v) is 6.48. The van der Waals surface area contributed by atoms with Gasteiger partial charge in [-0.25, -0.2) is 0 Å². The largest absolute Gasteiger partial charge is 0.508 e. The molecule has 1 aromatic carbocycles. The number of hydrogen-bond donors (Lipinski definition) is 1. The van der Waals surface area contributed by atoms with Gasteiger partial charge < -0.3 is 5.11 Å². The van der Waals surface area contributed by atoms with Crippen LogP contribution >= 0.6 is 12.2 Å². The molecule has 1 aromatic rings. The zero-order chi connectivity index (χ0) is 7.56. The van der Waals surface area contributed by atoms with Crippen LogP contribution in [0.15, 0.2) is 24.3 Å². The van der Waals surface area contributed by atoms with Crippen molar-refractivity contribution in [1.29, 1.82) is 0 Å². The molecular weight excluding hydrogens is 144 g/mol. The first-order valence-electron chi connectivity index (χ1n) is 3.00. The Morgan fingerprint density at radius 3 is 2.20 bits per heavy atom. The van der Waals surface area contributed by atoms with Crippen LogP contribution in [0.5, 0.6) is 5.75 Å². The van der Waals surface area contributed by atoms with Crippen LogP contribution in [0.2, 0.25) is 0 Å². The number of benzene rings is 1. The Balaban J connectivity index is 3.00. The number of rotatable bonds is 1. The molecule has 1 rings (SSSR count). The molecule has 0 atom stereocenters. The van der Waals surface area contributed by atoms with Crippen LogP contribution in [0.25, 0.3) is 0 Å². The average molecular weight is 152 g/mol. The van der Waals surface area contributed by atoms with Crippen LogP contribution in [0.1, 0.15) is 12.5 Å². The molecule has 0 aliphatic carbocycles. The van der Waals surface area contributed by atoms with E-state index >= 15 is 0 Å². The van der Waals surface area contributed by atoms with E-state index in [1.165, 1.54) is 0 Å². The van der Waals surface area contributed by atoms with Gasteiger partial charge in [0.05, 0.1) is 0 Å². The molecule has 0 fully saturated rings. The number of thiocarbonyl (C=S) groups is 1. The van der Waals surface area contributed by atoms with Crippen molar-refractivity contribution in [2.75, 3.05) is 0 Å². The second-order valence-electron chi connectivity index (χ2n) is 2.10. The Kier molecular flexibility index (Phi) is 2.02. The summed E-state index contributed by atoms with van der Waals surface area (Å²) in [7, 11) is 0. The van der Waals surface area contributed by atoms with Gasteiger partial charge >= 0.3 is 0 Å². The highest BCUT2D eigenvalue weighted by atomic mass is 32.1. The van der Waals surface area contributed by atoms with Crippen molar-refractivity contribution in [3.05, 3.63) is 29.8 Å². The highest BCUT2D eigenvalue weighted by Gasteiger charge is 1.92. The fourth-order valence-electron chi connectivity index (χ4n) is 0.696. The van der Waals surface area contributed by atoms with Crippen molar-refractivity contribution in [3.63, 3.8) is 0 Å². The summed E-state index contributed by atoms with van der Waals surface area (Å²) in [5.74, 6) is 0.278. The van der Waals surface area contributed by atoms with E-state index < -0.39 is 0 Å². The van der Waals surface area contributed by atoms with E-state index in [2.05, 4.69) is 0 Å². The minimum atomic E-state index is 0.278. The molecule has 0 heterocycles. The molecule has 52 valence electrons. The Bertz CT molecular complexity index is 238. The van der Waals surface area contributed by atoms with Crippen molar-refractivity contribution in [1.82, 2.24) is 0 Å². The number of aromatic hydroxyl groups is 1. The van der Waals surface area contributed by atoms with Gasteiger partial charge in [0.15, 0.2) is 0 Å². The third kappa shape index (κ3) is 1.54. The molecule has 10 heavy (non-hydrogen) atoms. The summed E-state index contributed by atoms with van der Waals surface area (Å²) in [4.78, 5) is 0.847. The summed E-state index contributed by atoms with van der Waals surface area (Å²) < 4.78 is 0. The van der Waals surface area contributed by atoms with Gasteiger partial charge in [0.25, 0.3) is 0 Å². The van der Waals surface area contributed by atoms with E-state index in [0.29, 0.717) is 0 Å². The third-order valence-corrected chi connectivity index (χ3v) is 1.51. The predicted molar refractivity (Wildman–Crippen MR) is 45.5 cm³/mol. The van der Waals surface area contributed by atoms with E-state index in [1.807, 2.05) is 6.92 Å². The number of hydrogen-bond acceptors (Lipinski definition) is 2. The number of phenolic OH excluding ortho intramolecular Hbond substituents is 1. The lowest BCUT2D eigenvalue weighted by Crippen LogP contribution is -1.87. The lowest BCUT2D eigenvalue weighted by Gasteiger charge is -1.95. The first-order valence-corrected chi connectivity index (χ1v) is 3.41. The summed E-state index contributed by atoms with van der Waals surface area (Å²) in [5.41, 5.74) is 0.993. The SMILES string of the molecule is CC(=S)c1ccc(O)cc1. The van der Waals surface area contributed by atoms with Crippen LogP contribution in [0.3, 0.4) is 0 Å². The molecule has 1 N–H and O–H groups in total. The third-order valence-electron chi connectivity index (χ3n) is 1.27. The van der Waals surface area contributed by atoms with Gasteiger partial charge in [0, 0.05) is 4.86 Å². The van der Waals surface area contributed by atoms with Gasteiger partial charge in [-0.1, -0.05) is 24.4 Å². The second-order valence-corrected chi connectivity index (χ2v) is 2.72. The molecule has 0 amide bonds. The minimum absolute atomic E-state index is 0.278. The van der Waals surface area contributed by atoms with Crippen molar-refractivity contribution in [2.45, 2.75) is 6.92 Å². The molecule has 0 spiro atoms. The smallest absolute Gasteiger partial charge is 0.115 e. The van der Waals surface area contributed by atoms with Crippen LogP contribution in [0.4, 0.5) is 0 Å². The van der Waals surface area contributed by atoms with Gasteiger partial charge in [-0.2, -0.15) is 0 Å². The normalized spacial score (nSPS) is 9.30. The van der Waals surface area contributed by atoms with Crippen LogP contribution < -0.4 is 0 Å². The maximum atomic E-state index is 8.90. The Hall–Kier alpha value is -0.890. The average Bonchev–Trinajstić information content (AvgIpc) is 1.88. The van der Waals surface area contributed by atoms with Crippen molar-refractivity contribution < 1.29 is 5.11 Å². The molecular formula is C8H8OS. The van der Waals surface area contributed by atoms with E-state index in [0.717, 1.165) is 10.4 Å². The van der Waals surface area contributed by atoms with Gasteiger partial charge in [-0.05, 0) is 24.6 Å². The first kappa shape index (κ1) is 7.22. The highest BCUT2D eigenvalue weighted by molar-refractivity contribution is 7.80. The van der Waals surface area contributed by atoms with Gasteiger partial charge in [0.2, 0.25) is 0 Å². The summed E-state index contributed by atoms with van der Waals surface area (Å²) in [5, 5.41) is 8.90. The van der Waals surface area contributed by atoms with Crippen molar-refractivity contribution >= 4 is 17.1 Å². The Labute approximate surface area is 65.3 Å². The summed E-state index contributed by atoms with van der Waals surface area (Å²) in [6.45, 7) is 1.86. The fraction of sp³-hybridized carbons (Fsp3) is 0.125. The minimum Gasteiger partial charge on any atom is -0.508 e. The summed E-state index contributed by atoms with van der Waals surface area (Å²) >= 11 is 4.92. The second kappa shape index (κ2) is 2.80. The lowest BCUT2D eigenvalue weighted by atomic mass is 10.2. The molecule has 0 unspecified atom stereocenters. The molecule has 2 heteroatoms. The van der Waals surface area contributed by atoms with Crippen LogP contribution in [0, 0.1) is 0 Å². The molecule has 0 bridgehead atoms. The monoisotopic (exact) mass is 152 g/mol. The number of phenols is 1. The fourth-order valence-corrected chi connectivity index (χ4v) is 0.832.